The Morgan fingerprint density at radius 2 is 1.90 bits per heavy atom. The monoisotopic (exact) mass is 427 g/mol. The summed E-state index contributed by atoms with van der Waals surface area (Å²) in [6.07, 6.45) is 0.762. The van der Waals surface area contributed by atoms with Gasteiger partial charge in [-0.05, 0) is 29.8 Å². The van der Waals surface area contributed by atoms with Gasteiger partial charge in [0.2, 0.25) is 5.91 Å². The summed E-state index contributed by atoms with van der Waals surface area (Å²) in [6.45, 7) is 5.28. The molecule has 4 rings (SSSR count). The highest BCUT2D eigenvalue weighted by Crippen LogP contribution is 2.11. The van der Waals surface area contributed by atoms with Crippen molar-refractivity contribution in [1.29, 1.82) is 0 Å². The number of benzene rings is 1. The van der Waals surface area contributed by atoms with E-state index in [1.807, 2.05) is 12.1 Å². The van der Waals surface area contributed by atoms with Gasteiger partial charge in [-0.2, -0.15) is 4.52 Å². The van der Waals surface area contributed by atoms with Crippen molar-refractivity contribution < 1.29 is 13.9 Å². The molecule has 0 unspecified atom stereocenters. The normalized spacial score (nSPS) is 14.6. The van der Waals surface area contributed by atoms with Gasteiger partial charge in [0.15, 0.2) is 11.5 Å². The van der Waals surface area contributed by atoms with Crippen LogP contribution < -0.4 is 10.6 Å². The van der Waals surface area contributed by atoms with Crippen LogP contribution in [0.2, 0.25) is 0 Å². The van der Waals surface area contributed by atoms with Crippen molar-refractivity contribution in [1.82, 2.24) is 30.0 Å². The molecule has 1 aliphatic heterocycles. The first-order valence-electron chi connectivity index (χ1n) is 10.4. The van der Waals surface area contributed by atoms with E-state index in [0.29, 0.717) is 43.2 Å². The Balaban J connectivity index is 1.27. The van der Waals surface area contributed by atoms with Gasteiger partial charge in [0.1, 0.15) is 11.6 Å². The largest absolute Gasteiger partial charge is 0.379 e. The van der Waals surface area contributed by atoms with E-state index in [1.165, 1.54) is 12.1 Å². The summed E-state index contributed by atoms with van der Waals surface area (Å²) in [5.74, 6) is 0.995. The van der Waals surface area contributed by atoms with Crippen molar-refractivity contribution in [3.8, 4) is 0 Å². The van der Waals surface area contributed by atoms with Gasteiger partial charge in [-0.15, -0.1) is 15.3 Å². The number of aryl methyl sites for hydroxylation is 1. The summed E-state index contributed by atoms with van der Waals surface area (Å²) in [5.41, 5.74) is 1.57. The molecule has 0 radical (unpaired) electrons. The lowest BCUT2D eigenvalue weighted by Gasteiger charge is -2.26. The number of hydrogen-bond donors (Lipinski definition) is 2. The average Bonchev–Trinajstić information content (AvgIpc) is 3.20. The molecule has 1 aromatic carbocycles. The third-order valence-electron chi connectivity index (χ3n) is 5.14. The smallest absolute Gasteiger partial charge is 0.220 e. The van der Waals surface area contributed by atoms with E-state index < -0.39 is 0 Å². The van der Waals surface area contributed by atoms with Crippen molar-refractivity contribution in [2.24, 2.45) is 0 Å². The molecule has 1 aliphatic rings. The standard InChI is InChI=1S/C21H26FN7O2/c22-17-3-1-16(2-4-17)15-24-18-5-6-19-25-26-20(29(19)27-18)7-8-21(30)23-9-10-28-11-13-31-14-12-28/h1-6H,7-15H2,(H,23,30)(H,24,27). The highest BCUT2D eigenvalue weighted by Gasteiger charge is 2.12. The SMILES string of the molecule is O=C(CCc1nnc2ccc(NCc3ccc(F)cc3)nn12)NCCN1CCOCC1. The molecule has 0 spiro atoms. The number of aromatic nitrogens is 4. The number of nitrogens with zero attached hydrogens (tertiary/aromatic N) is 5. The number of carbonyl (C=O) groups excluding carboxylic acids is 1. The summed E-state index contributed by atoms with van der Waals surface area (Å²) in [5, 5.41) is 19.0. The van der Waals surface area contributed by atoms with Crippen molar-refractivity contribution in [2.75, 3.05) is 44.7 Å². The second-order valence-corrected chi connectivity index (χ2v) is 7.39. The minimum Gasteiger partial charge on any atom is -0.379 e. The third kappa shape index (κ3) is 5.96. The molecule has 10 heteroatoms. The molecule has 1 fully saturated rings. The number of rotatable bonds is 9. The molecule has 3 heterocycles. The molecule has 9 nitrogen and oxygen atoms in total. The zero-order valence-electron chi connectivity index (χ0n) is 17.3. The number of hydrogen-bond acceptors (Lipinski definition) is 7. The Bertz CT molecular complexity index is 1000. The minimum atomic E-state index is -0.262. The van der Waals surface area contributed by atoms with E-state index >= 15 is 0 Å². The lowest BCUT2D eigenvalue weighted by Crippen LogP contribution is -2.41. The summed E-state index contributed by atoms with van der Waals surface area (Å²) in [4.78, 5) is 14.5. The maximum atomic E-state index is 13.0. The lowest BCUT2D eigenvalue weighted by atomic mass is 10.2. The molecule has 1 amide bonds. The van der Waals surface area contributed by atoms with Crippen LogP contribution in [0.5, 0.6) is 0 Å². The molecule has 0 saturated carbocycles. The average molecular weight is 427 g/mol. The lowest BCUT2D eigenvalue weighted by molar-refractivity contribution is -0.121. The predicted molar refractivity (Wildman–Crippen MR) is 113 cm³/mol. The fraction of sp³-hybridized carbons (Fsp3) is 0.429. The van der Waals surface area contributed by atoms with E-state index in [2.05, 4.69) is 30.8 Å². The summed E-state index contributed by atoms with van der Waals surface area (Å²) >= 11 is 0. The van der Waals surface area contributed by atoms with Crippen LogP contribution in [0.1, 0.15) is 17.8 Å². The Hall–Kier alpha value is -3.11. The molecule has 3 aromatic rings. The van der Waals surface area contributed by atoms with Gasteiger partial charge in [0, 0.05) is 45.6 Å². The van der Waals surface area contributed by atoms with Crippen LogP contribution in [0.25, 0.3) is 5.65 Å². The molecular weight excluding hydrogens is 401 g/mol. The fourth-order valence-corrected chi connectivity index (χ4v) is 3.37. The fourth-order valence-electron chi connectivity index (χ4n) is 3.37. The van der Waals surface area contributed by atoms with Crippen LogP contribution in [-0.4, -0.2) is 70.0 Å². The Morgan fingerprint density at radius 1 is 1.10 bits per heavy atom. The van der Waals surface area contributed by atoms with Crippen LogP contribution in [0.15, 0.2) is 36.4 Å². The predicted octanol–water partition coefficient (Wildman–Crippen LogP) is 1.26. The van der Waals surface area contributed by atoms with Crippen LogP contribution in [-0.2, 0) is 22.5 Å². The number of carbonyl (C=O) groups is 1. The number of anilines is 1. The van der Waals surface area contributed by atoms with Crippen LogP contribution >= 0.6 is 0 Å². The highest BCUT2D eigenvalue weighted by atomic mass is 19.1. The van der Waals surface area contributed by atoms with E-state index in [0.717, 1.165) is 38.4 Å². The van der Waals surface area contributed by atoms with E-state index in [-0.39, 0.29) is 11.7 Å². The maximum Gasteiger partial charge on any atom is 0.220 e. The number of amides is 1. The molecule has 0 atom stereocenters. The number of halogens is 1. The Morgan fingerprint density at radius 3 is 2.71 bits per heavy atom. The van der Waals surface area contributed by atoms with E-state index in [9.17, 15) is 9.18 Å². The van der Waals surface area contributed by atoms with Crippen LogP contribution in [0, 0.1) is 5.82 Å². The second kappa shape index (κ2) is 10.3. The van der Waals surface area contributed by atoms with Gasteiger partial charge in [-0.1, -0.05) is 12.1 Å². The highest BCUT2D eigenvalue weighted by molar-refractivity contribution is 5.76. The van der Waals surface area contributed by atoms with Gasteiger partial charge in [0.25, 0.3) is 0 Å². The number of nitrogens with one attached hydrogen (secondary N) is 2. The number of fused-ring (bicyclic) bond motifs is 1. The van der Waals surface area contributed by atoms with Crippen LogP contribution in [0.4, 0.5) is 10.2 Å². The number of morpholine rings is 1. The number of ether oxygens (including phenoxy) is 1. The van der Waals surface area contributed by atoms with Crippen molar-refractivity contribution >= 4 is 17.4 Å². The first kappa shape index (κ1) is 21.1. The molecular formula is C21H26FN7O2. The topological polar surface area (TPSA) is 96.7 Å². The summed E-state index contributed by atoms with van der Waals surface area (Å²) in [7, 11) is 0. The second-order valence-electron chi connectivity index (χ2n) is 7.39. The molecule has 1 saturated heterocycles. The zero-order chi connectivity index (χ0) is 21.5. The Kier molecular flexibility index (Phi) is 7.00. The van der Waals surface area contributed by atoms with E-state index in [1.54, 1.807) is 16.6 Å². The molecule has 0 bridgehead atoms. The van der Waals surface area contributed by atoms with Crippen molar-refractivity contribution in [3.63, 3.8) is 0 Å². The van der Waals surface area contributed by atoms with E-state index in [4.69, 9.17) is 4.74 Å². The van der Waals surface area contributed by atoms with Crippen LogP contribution in [0.3, 0.4) is 0 Å². The summed E-state index contributed by atoms with van der Waals surface area (Å²) in [6, 6.07) is 9.94. The maximum absolute atomic E-state index is 13.0. The quantitative estimate of drug-likeness (QED) is 0.531. The molecule has 2 N–H and O–H groups in total. The van der Waals surface area contributed by atoms with Gasteiger partial charge in [-0.25, -0.2) is 4.39 Å². The van der Waals surface area contributed by atoms with Gasteiger partial charge in [-0.3, -0.25) is 9.69 Å². The van der Waals surface area contributed by atoms with Gasteiger partial charge < -0.3 is 15.4 Å². The molecule has 164 valence electrons. The Labute approximate surface area is 179 Å². The van der Waals surface area contributed by atoms with Crippen molar-refractivity contribution in [3.05, 3.63) is 53.6 Å². The first-order chi connectivity index (χ1) is 15.2. The van der Waals surface area contributed by atoms with Gasteiger partial charge in [0.05, 0.1) is 13.2 Å². The first-order valence-corrected chi connectivity index (χ1v) is 10.4. The van der Waals surface area contributed by atoms with Crippen molar-refractivity contribution in [2.45, 2.75) is 19.4 Å². The molecule has 31 heavy (non-hydrogen) atoms. The zero-order valence-corrected chi connectivity index (χ0v) is 17.3. The van der Waals surface area contributed by atoms with Gasteiger partial charge >= 0.3 is 0 Å². The minimum absolute atomic E-state index is 0.0180. The summed E-state index contributed by atoms with van der Waals surface area (Å²) < 4.78 is 20.0. The molecule has 2 aromatic heterocycles. The third-order valence-corrected chi connectivity index (χ3v) is 5.14. The molecule has 0 aliphatic carbocycles.